The molecule has 76 valence electrons. The first-order chi connectivity index (χ1) is 6.42. The molecule has 0 aliphatic heterocycles. The molecule has 0 aromatic carbocycles. The third-order valence-electron chi connectivity index (χ3n) is 1.71. The van der Waals surface area contributed by atoms with Crippen molar-refractivity contribution < 1.29 is 18.7 Å². The van der Waals surface area contributed by atoms with Gasteiger partial charge in [-0.25, -0.2) is 4.79 Å². The minimum Gasteiger partial charge on any atom is -0.477 e. The summed E-state index contributed by atoms with van der Waals surface area (Å²) in [5.74, 6) is -5.84. The zero-order valence-corrected chi connectivity index (χ0v) is 7.50. The number of pyridine rings is 1. The molecule has 0 saturated carbocycles. The van der Waals surface area contributed by atoms with Gasteiger partial charge in [0, 0.05) is 18.3 Å². The van der Waals surface area contributed by atoms with Crippen molar-refractivity contribution in [2.24, 2.45) is 0 Å². The normalized spacial score (nSPS) is 11.4. The zero-order valence-electron chi connectivity index (χ0n) is 7.50. The van der Waals surface area contributed by atoms with Crippen molar-refractivity contribution in [2.45, 2.75) is 19.3 Å². The predicted octanol–water partition coefficient (Wildman–Crippen LogP) is 1.65. The second kappa shape index (κ2) is 3.69. The van der Waals surface area contributed by atoms with Crippen LogP contribution in [0.25, 0.3) is 0 Å². The number of carboxylic acid groups (broad SMARTS) is 1. The number of aliphatic carboxylic acids is 1. The highest BCUT2D eigenvalue weighted by atomic mass is 19.3. The van der Waals surface area contributed by atoms with Crippen LogP contribution in [-0.4, -0.2) is 22.0 Å². The van der Waals surface area contributed by atoms with Gasteiger partial charge in [-0.15, -0.1) is 0 Å². The molecule has 0 saturated heterocycles. The van der Waals surface area contributed by atoms with Gasteiger partial charge in [0.05, 0.1) is 0 Å². The summed E-state index contributed by atoms with van der Waals surface area (Å²) in [5.41, 5.74) is 0.912. The van der Waals surface area contributed by atoms with Crippen molar-refractivity contribution in [1.82, 2.24) is 4.98 Å². The summed E-state index contributed by atoms with van der Waals surface area (Å²) in [5, 5.41) is 8.19. The first-order valence-electron chi connectivity index (χ1n) is 3.94. The third kappa shape index (κ3) is 2.48. The van der Waals surface area contributed by atoms with Crippen LogP contribution in [0.4, 0.5) is 8.78 Å². The summed E-state index contributed by atoms with van der Waals surface area (Å²) in [7, 11) is 0. The highest BCUT2D eigenvalue weighted by Crippen LogP contribution is 2.19. The van der Waals surface area contributed by atoms with Gasteiger partial charge in [-0.3, -0.25) is 4.98 Å². The number of aryl methyl sites for hydroxylation is 1. The number of halogens is 2. The molecule has 0 amide bonds. The van der Waals surface area contributed by atoms with Crippen LogP contribution in [0, 0.1) is 6.92 Å². The second-order valence-electron chi connectivity index (χ2n) is 2.99. The van der Waals surface area contributed by atoms with Crippen molar-refractivity contribution in [1.29, 1.82) is 0 Å². The van der Waals surface area contributed by atoms with E-state index in [1.807, 2.05) is 0 Å². The molecule has 1 aromatic rings. The lowest BCUT2D eigenvalue weighted by Crippen LogP contribution is -2.30. The van der Waals surface area contributed by atoms with E-state index in [-0.39, 0.29) is 5.56 Å². The summed E-state index contributed by atoms with van der Waals surface area (Å²) in [6, 6.07) is 3.01. The molecule has 1 aromatic heterocycles. The van der Waals surface area contributed by atoms with Crippen LogP contribution in [-0.2, 0) is 11.2 Å². The number of alkyl halides is 2. The summed E-state index contributed by atoms with van der Waals surface area (Å²) >= 11 is 0. The van der Waals surface area contributed by atoms with Crippen LogP contribution in [0.2, 0.25) is 0 Å². The van der Waals surface area contributed by atoms with Crippen LogP contribution >= 0.6 is 0 Å². The number of nitrogens with zero attached hydrogens (tertiary/aromatic N) is 1. The molecule has 1 N–H and O–H groups in total. The largest absolute Gasteiger partial charge is 0.477 e. The lowest BCUT2D eigenvalue weighted by molar-refractivity contribution is -0.164. The molecule has 0 fully saturated rings. The van der Waals surface area contributed by atoms with E-state index >= 15 is 0 Å². The molecule has 0 atom stereocenters. The molecule has 0 unspecified atom stereocenters. The maximum absolute atomic E-state index is 12.7. The summed E-state index contributed by atoms with van der Waals surface area (Å²) in [6.45, 7) is 1.72. The van der Waals surface area contributed by atoms with Gasteiger partial charge in [0.1, 0.15) is 0 Å². The standard InChI is InChI=1S/C9H9F2NO2/c1-6-2-3-7(5-12-6)4-9(10,11)8(13)14/h2-3,5H,4H2,1H3,(H,13,14). The fourth-order valence-electron chi connectivity index (χ4n) is 0.935. The number of hydrogen-bond acceptors (Lipinski definition) is 2. The molecule has 5 heteroatoms. The minimum absolute atomic E-state index is 0.211. The topological polar surface area (TPSA) is 50.2 Å². The maximum Gasteiger partial charge on any atom is 0.374 e. The van der Waals surface area contributed by atoms with E-state index < -0.39 is 18.3 Å². The van der Waals surface area contributed by atoms with E-state index in [2.05, 4.69) is 4.98 Å². The molecular weight excluding hydrogens is 192 g/mol. The fourth-order valence-corrected chi connectivity index (χ4v) is 0.935. The van der Waals surface area contributed by atoms with Crippen LogP contribution in [0.15, 0.2) is 18.3 Å². The van der Waals surface area contributed by atoms with Gasteiger partial charge in [0.15, 0.2) is 0 Å². The van der Waals surface area contributed by atoms with Gasteiger partial charge < -0.3 is 5.11 Å². The molecule has 0 aliphatic carbocycles. The average Bonchev–Trinajstić information content (AvgIpc) is 2.08. The lowest BCUT2D eigenvalue weighted by Gasteiger charge is -2.10. The number of carbonyl (C=O) groups is 1. The summed E-state index contributed by atoms with van der Waals surface area (Å²) < 4.78 is 25.4. The van der Waals surface area contributed by atoms with Gasteiger partial charge in [-0.05, 0) is 18.6 Å². The zero-order chi connectivity index (χ0) is 10.8. The molecule has 0 aliphatic rings. The molecule has 3 nitrogen and oxygen atoms in total. The third-order valence-corrected chi connectivity index (χ3v) is 1.71. The molecule has 1 rings (SSSR count). The van der Waals surface area contributed by atoms with Crippen LogP contribution < -0.4 is 0 Å². The lowest BCUT2D eigenvalue weighted by atomic mass is 10.1. The van der Waals surface area contributed by atoms with E-state index in [0.29, 0.717) is 5.69 Å². The van der Waals surface area contributed by atoms with Gasteiger partial charge in [-0.2, -0.15) is 8.78 Å². The molecule has 1 heterocycles. The van der Waals surface area contributed by atoms with Crippen LogP contribution in [0.5, 0.6) is 0 Å². The summed E-state index contributed by atoms with van der Waals surface area (Å²) in [4.78, 5) is 13.9. The Morgan fingerprint density at radius 3 is 2.64 bits per heavy atom. The number of rotatable bonds is 3. The van der Waals surface area contributed by atoms with Crippen molar-refractivity contribution >= 4 is 5.97 Å². The first-order valence-corrected chi connectivity index (χ1v) is 3.94. The van der Waals surface area contributed by atoms with Gasteiger partial charge >= 0.3 is 11.9 Å². The highest BCUT2D eigenvalue weighted by molar-refractivity contribution is 5.75. The van der Waals surface area contributed by atoms with Crippen LogP contribution in [0.1, 0.15) is 11.3 Å². The monoisotopic (exact) mass is 201 g/mol. The Kier molecular flexibility index (Phi) is 2.78. The van der Waals surface area contributed by atoms with E-state index in [9.17, 15) is 13.6 Å². The Labute approximate surface area is 79.4 Å². The molecular formula is C9H9F2NO2. The fraction of sp³-hybridized carbons (Fsp3) is 0.333. The summed E-state index contributed by atoms with van der Waals surface area (Å²) in [6.07, 6.45) is 0.432. The molecule has 0 spiro atoms. The van der Waals surface area contributed by atoms with Crippen molar-refractivity contribution in [3.05, 3.63) is 29.6 Å². The predicted molar refractivity (Wildman–Crippen MR) is 45.3 cm³/mol. The number of aromatic nitrogens is 1. The molecule has 0 radical (unpaired) electrons. The SMILES string of the molecule is Cc1ccc(CC(F)(F)C(=O)O)cn1. The molecule has 0 bridgehead atoms. The first kappa shape index (κ1) is 10.6. The Morgan fingerprint density at radius 2 is 2.21 bits per heavy atom. The average molecular weight is 201 g/mol. The van der Waals surface area contributed by atoms with Gasteiger partial charge in [0.2, 0.25) is 0 Å². The van der Waals surface area contributed by atoms with Gasteiger partial charge in [-0.1, -0.05) is 6.07 Å². The van der Waals surface area contributed by atoms with Crippen molar-refractivity contribution in [3.63, 3.8) is 0 Å². The Bertz CT molecular complexity index is 335. The maximum atomic E-state index is 12.7. The minimum atomic E-state index is -3.73. The van der Waals surface area contributed by atoms with E-state index in [1.54, 1.807) is 13.0 Å². The van der Waals surface area contributed by atoms with Crippen molar-refractivity contribution in [3.8, 4) is 0 Å². The molecule has 14 heavy (non-hydrogen) atoms. The number of carboxylic acids is 1. The van der Waals surface area contributed by atoms with Crippen LogP contribution in [0.3, 0.4) is 0 Å². The smallest absolute Gasteiger partial charge is 0.374 e. The number of hydrogen-bond donors (Lipinski definition) is 1. The highest BCUT2D eigenvalue weighted by Gasteiger charge is 2.38. The van der Waals surface area contributed by atoms with Crippen molar-refractivity contribution in [2.75, 3.05) is 0 Å². The Hall–Kier alpha value is -1.52. The quantitative estimate of drug-likeness (QED) is 0.808. The van der Waals surface area contributed by atoms with Gasteiger partial charge in [0.25, 0.3) is 0 Å². The van der Waals surface area contributed by atoms with E-state index in [0.717, 1.165) is 0 Å². The second-order valence-corrected chi connectivity index (χ2v) is 2.99. The van der Waals surface area contributed by atoms with E-state index in [1.165, 1.54) is 12.3 Å². The Balaban J connectivity index is 2.79. The van der Waals surface area contributed by atoms with E-state index in [4.69, 9.17) is 5.11 Å². The Morgan fingerprint density at radius 1 is 1.57 bits per heavy atom.